The molecule has 30 heavy (non-hydrogen) atoms. The largest absolute Gasteiger partial charge is 0.353 e. The molecule has 2 saturated heterocycles. The maximum atomic E-state index is 12.7. The lowest BCUT2D eigenvalue weighted by Crippen LogP contribution is -2.48. The van der Waals surface area contributed by atoms with E-state index in [0.717, 1.165) is 38.0 Å². The monoisotopic (exact) mass is 433 g/mol. The molecule has 0 saturated carbocycles. The molecule has 1 aromatic rings. The van der Waals surface area contributed by atoms with E-state index in [2.05, 4.69) is 30.1 Å². The topological polar surface area (TPSA) is 69.7 Å². The van der Waals surface area contributed by atoms with Crippen molar-refractivity contribution in [2.75, 3.05) is 32.7 Å². The first-order chi connectivity index (χ1) is 14.3. The molecule has 7 heteroatoms. The molecule has 0 unspecified atom stereocenters. The van der Waals surface area contributed by atoms with Crippen molar-refractivity contribution in [2.24, 2.45) is 5.92 Å². The van der Waals surface area contributed by atoms with E-state index < -0.39 is 10.0 Å². The van der Waals surface area contributed by atoms with Crippen LogP contribution in [0.4, 0.5) is 0 Å². The third-order valence-electron chi connectivity index (χ3n) is 6.10. The molecule has 1 amide bonds. The Kier molecular flexibility index (Phi) is 8.08. The number of carbonyl (C=O) groups is 1. The molecule has 166 valence electrons. The number of hydrogen-bond donors (Lipinski definition) is 1. The van der Waals surface area contributed by atoms with Crippen molar-refractivity contribution in [3.63, 3.8) is 0 Å². The first kappa shape index (κ1) is 23.0. The van der Waals surface area contributed by atoms with Crippen LogP contribution in [0.25, 0.3) is 0 Å². The average Bonchev–Trinajstić information content (AvgIpc) is 2.73. The van der Waals surface area contributed by atoms with Gasteiger partial charge in [-0.15, -0.1) is 0 Å². The summed E-state index contributed by atoms with van der Waals surface area (Å²) in [6.07, 6.45) is 5.40. The third-order valence-corrected chi connectivity index (χ3v) is 7.95. The second-order valence-electron chi connectivity index (χ2n) is 8.78. The Bertz CT molecular complexity index is 819. The van der Waals surface area contributed by atoms with Gasteiger partial charge in [-0.3, -0.25) is 9.69 Å². The molecule has 1 aromatic carbocycles. The van der Waals surface area contributed by atoms with Gasteiger partial charge in [0.2, 0.25) is 15.9 Å². The number of sulfonamides is 1. The van der Waals surface area contributed by atoms with Crippen molar-refractivity contribution in [3.05, 3.63) is 47.5 Å². The lowest BCUT2D eigenvalue weighted by Gasteiger charge is -2.34. The van der Waals surface area contributed by atoms with Crippen LogP contribution in [0.2, 0.25) is 0 Å². The molecule has 3 rings (SSSR count). The number of piperidine rings is 2. The van der Waals surface area contributed by atoms with E-state index in [1.54, 1.807) is 4.31 Å². The van der Waals surface area contributed by atoms with E-state index in [4.69, 9.17) is 0 Å². The summed E-state index contributed by atoms with van der Waals surface area (Å²) in [6.45, 7) is 8.08. The Morgan fingerprint density at radius 3 is 2.27 bits per heavy atom. The van der Waals surface area contributed by atoms with Crippen LogP contribution in [0, 0.1) is 5.92 Å². The first-order valence-electron chi connectivity index (χ1n) is 11.0. The van der Waals surface area contributed by atoms with Crippen molar-refractivity contribution in [3.8, 4) is 0 Å². The van der Waals surface area contributed by atoms with Crippen molar-refractivity contribution >= 4 is 15.9 Å². The second kappa shape index (κ2) is 10.6. The van der Waals surface area contributed by atoms with Gasteiger partial charge in [0, 0.05) is 44.7 Å². The number of likely N-dealkylation sites (tertiary alicyclic amines) is 1. The van der Waals surface area contributed by atoms with E-state index in [0.29, 0.717) is 25.9 Å². The van der Waals surface area contributed by atoms with Gasteiger partial charge < -0.3 is 5.32 Å². The summed E-state index contributed by atoms with van der Waals surface area (Å²) in [7, 11) is -3.34. The maximum absolute atomic E-state index is 12.7. The van der Waals surface area contributed by atoms with Crippen LogP contribution in [-0.2, 0) is 20.6 Å². The minimum Gasteiger partial charge on any atom is -0.353 e. The van der Waals surface area contributed by atoms with E-state index in [-0.39, 0.29) is 23.6 Å². The van der Waals surface area contributed by atoms with Crippen LogP contribution in [0.5, 0.6) is 0 Å². The molecule has 2 fully saturated rings. The molecule has 0 atom stereocenters. The number of benzene rings is 1. The Hall–Kier alpha value is -1.70. The summed E-state index contributed by atoms with van der Waals surface area (Å²) in [5.41, 5.74) is 2.14. The van der Waals surface area contributed by atoms with Gasteiger partial charge in [0.1, 0.15) is 0 Å². The van der Waals surface area contributed by atoms with Gasteiger partial charge in [0.15, 0.2) is 0 Å². The highest BCUT2D eigenvalue weighted by Crippen LogP contribution is 2.22. The summed E-state index contributed by atoms with van der Waals surface area (Å²) in [4.78, 5) is 15.1. The summed E-state index contributed by atoms with van der Waals surface area (Å²) < 4.78 is 26.9. The summed E-state index contributed by atoms with van der Waals surface area (Å²) >= 11 is 0. The van der Waals surface area contributed by atoms with Crippen molar-refractivity contribution < 1.29 is 13.2 Å². The number of nitrogens with zero attached hydrogens (tertiary/aromatic N) is 2. The quantitative estimate of drug-likeness (QED) is 0.672. The van der Waals surface area contributed by atoms with E-state index in [1.807, 2.05) is 30.3 Å². The highest BCUT2D eigenvalue weighted by Gasteiger charge is 2.32. The fourth-order valence-corrected chi connectivity index (χ4v) is 5.73. The van der Waals surface area contributed by atoms with Gasteiger partial charge in [-0.2, -0.15) is 0 Å². The lowest BCUT2D eigenvalue weighted by atomic mass is 9.96. The number of hydrogen-bond acceptors (Lipinski definition) is 4. The Labute approximate surface area is 181 Å². The zero-order valence-electron chi connectivity index (χ0n) is 18.2. The van der Waals surface area contributed by atoms with Gasteiger partial charge in [0.05, 0.1) is 5.75 Å². The van der Waals surface area contributed by atoms with Crippen molar-refractivity contribution in [1.82, 2.24) is 14.5 Å². The fraction of sp³-hybridized carbons (Fsp3) is 0.609. The molecule has 0 aromatic heterocycles. The second-order valence-corrected chi connectivity index (χ2v) is 10.7. The van der Waals surface area contributed by atoms with E-state index >= 15 is 0 Å². The zero-order valence-corrected chi connectivity index (χ0v) is 19.0. The fourth-order valence-electron chi connectivity index (χ4n) is 4.16. The molecular weight excluding hydrogens is 398 g/mol. The predicted octanol–water partition coefficient (Wildman–Crippen LogP) is 2.78. The molecule has 2 aliphatic heterocycles. The van der Waals surface area contributed by atoms with Gasteiger partial charge in [0.25, 0.3) is 0 Å². The summed E-state index contributed by atoms with van der Waals surface area (Å²) in [5.74, 6) is 0.0328. The molecular formula is C23H35N3O3S. The van der Waals surface area contributed by atoms with Gasteiger partial charge in [-0.1, -0.05) is 42.0 Å². The smallest absolute Gasteiger partial charge is 0.223 e. The first-order valence-corrected chi connectivity index (χ1v) is 12.6. The Morgan fingerprint density at radius 1 is 1.03 bits per heavy atom. The van der Waals surface area contributed by atoms with Crippen molar-refractivity contribution in [1.29, 1.82) is 0 Å². The van der Waals surface area contributed by atoms with Crippen LogP contribution < -0.4 is 5.32 Å². The maximum Gasteiger partial charge on any atom is 0.223 e. The molecule has 0 aliphatic carbocycles. The van der Waals surface area contributed by atoms with Crippen LogP contribution in [0.1, 0.15) is 45.1 Å². The number of amides is 1. The van der Waals surface area contributed by atoms with Crippen LogP contribution >= 0.6 is 0 Å². The summed E-state index contributed by atoms with van der Waals surface area (Å²) in [5, 5.41) is 3.22. The normalized spacial score (nSPS) is 20.1. The van der Waals surface area contributed by atoms with Crippen LogP contribution in [-0.4, -0.2) is 62.3 Å². The third kappa shape index (κ3) is 6.65. The molecule has 0 bridgehead atoms. The minimum atomic E-state index is -3.34. The molecule has 2 heterocycles. The standard InChI is InChI=1S/C23H35N3O3S/c1-19(2)8-13-25-14-11-22(12-15-25)24-23(27)21-9-16-26(17-10-21)30(28,29)18-20-6-4-3-5-7-20/h3-8,21-22H,9-18H2,1-2H3,(H,24,27). The molecule has 0 radical (unpaired) electrons. The van der Waals surface area contributed by atoms with Crippen LogP contribution in [0.3, 0.4) is 0 Å². The highest BCUT2D eigenvalue weighted by molar-refractivity contribution is 7.88. The minimum absolute atomic E-state index is 0.0238. The SMILES string of the molecule is CC(C)=CCN1CCC(NC(=O)C2CCN(S(=O)(=O)Cc3ccccc3)CC2)CC1. The lowest BCUT2D eigenvalue weighted by molar-refractivity contribution is -0.127. The number of allylic oxidation sites excluding steroid dienone is 1. The zero-order chi connectivity index (χ0) is 21.6. The van der Waals surface area contributed by atoms with E-state index in [1.165, 1.54) is 5.57 Å². The summed E-state index contributed by atoms with van der Waals surface area (Å²) in [6, 6.07) is 9.50. The Balaban J connectivity index is 1.42. The van der Waals surface area contributed by atoms with Gasteiger partial charge >= 0.3 is 0 Å². The van der Waals surface area contributed by atoms with E-state index in [9.17, 15) is 13.2 Å². The molecule has 2 aliphatic rings. The van der Waals surface area contributed by atoms with Crippen LogP contribution in [0.15, 0.2) is 42.0 Å². The predicted molar refractivity (Wildman–Crippen MR) is 120 cm³/mol. The number of carbonyl (C=O) groups excluding carboxylic acids is 1. The van der Waals surface area contributed by atoms with Gasteiger partial charge in [-0.25, -0.2) is 12.7 Å². The molecule has 0 spiro atoms. The van der Waals surface area contributed by atoms with Crippen molar-refractivity contribution in [2.45, 2.75) is 51.3 Å². The average molecular weight is 434 g/mol. The molecule has 1 N–H and O–H groups in total. The Morgan fingerprint density at radius 2 is 1.67 bits per heavy atom. The highest BCUT2D eigenvalue weighted by atomic mass is 32.2. The number of nitrogens with one attached hydrogen (secondary N) is 1. The number of rotatable bonds is 7. The van der Waals surface area contributed by atoms with Gasteiger partial charge in [-0.05, 0) is 45.1 Å². The molecule has 6 nitrogen and oxygen atoms in total.